The van der Waals surface area contributed by atoms with Gasteiger partial charge >= 0.3 is 0 Å². The SMILES string of the molecule is Cc1ccc(C(C)C)c(OCc2nc3ccccc3n2CCCCOc2cccc(C)c2C)c1. The van der Waals surface area contributed by atoms with Gasteiger partial charge in [-0.25, -0.2) is 4.98 Å². The third-order valence-electron chi connectivity index (χ3n) is 6.47. The molecule has 4 nitrogen and oxygen atoms in total. The van der Waals surface area contributed by atoms with Gasteiger partial charge in [0.1, 0.15) is 23.9 Å². The Morgan fingerprint density at radius 2 is 1.68 bits per heavy atom. The summed E-state index contributed by atoms with van der Waals surface area (Å²) >= 11 is 0. The van der Waals surface area contributed by atoms with Crippen molar-refractivity contribution in [3.63, 3.8) is 0 Å². The molecule has 0 saturated heterocycles. The van der Waals surface area contributed by atoms with Crippen LogP contribution in [0.4, 0.5) is 0 Å². The van der Waals surface area contributed by atoms with Gasteiger partial charge in [0, 0.05) is 6.54 Å². The van der Waals surface area contributed by atoms with Crippen LogP contribution in [-0.4, -0.2) is 16.2 Å². The minimum atomic E-state index is 0.409. The van der Waals surface area contributed by atoms with Gasteiger partial charge in [0.15, 0.2) is 0 Å². The van der Waals surface area contributed by atoms with Crippen molar-refractivity contribution in [2.45, 2.75) is 66.5 Å². The number of para-hydroxylation sites is 2. The lowest BCUT2D eigenvalue weighted by Crippen LogP contribution is -2.10. The number of unbranched alkanes of at least 4 members (excludes halogenated alkanes) is 1. The molecule has 4 aromatic rings. The number of benzene rings is 3. The Bertz CT molecular complexity index is 1260. The van der Waals surface area contributed by atoms with Crippen LogP contribution in [0.5, 0.6) is 11.5 Å². The maximum atomic E-state index is 6.34. The number of rotatable bonds is 10. The summed E-state index contributed by atoms with van der Waals surface area (Å²) in [6.07, 6.45) is 2.00. The van der Waals surface area contributed by atoms with E-state index in [1.54, 1.807) is 0 Å². The highest BCUT2D eigenvalue weighted by Crippen LogP contribution is 2.29. The molecule has 34 heavy (non-hydrogen) atoms. The van der Waals surface area contributed by atoms with Gasteiger partial charge in [0.2, 0.25) is 0 Å². The summed E-state index contributed by atoms with van der Waals surface area (Å²) in [7, 11) is 0. The quantitative estimate of drug-likeness (QED) is 0.232. The van der Waals surface area contributed by atoms with Gasteiger partial charge < -0.3 is 14.0 Å². The Labute approximate surface area is 203 Å². The highest BCUT2D eigenvalue weighted by molar-refractivity contribution is 5.75. The Balaban J connectivity index is 1.43. The fourth-order valence-electron chi connectivity index (χ4n) is 4.31. The van der Waals surface area contributed by atoms with Crippen LogP contribution in [0.2, 0.25) is 0 Å². The Kier molecular flexibility index (Phi) is 7.56. The molecule has 0 atom stereocenters. The fourth-order valence-corrected chi connectivity index (χ4v) is 4.31. The second-order valence-corrected chi connectivity index (χ2v) is 9.41. The van der Waals surface area contributed by atoms with Crippen LogP contribution in [0.1, 0.15) is 60.7 Å². The summed E-state index contributed by atoms with van der Waals surface area (Å²) in [6.45, 7) is 12.8. The molecule has 0 amide bonds. The topological polar surface area (TPSA) is 36.3 Å². The van der Waals surface area contributed by atoms with Gasteiger partial charge in [-0.3, -0.25) is 0 Å². The summed E-state index contributed by atoms with van der Waals surface area (Å²) in [5.41, 5.74) is 7.10. The number of hydrogen-bond acceptors (Lipinski definition) is 3. The number of aromatic nitrogens is 2. The highest BCUT2D eigenvalue weighted by atomic mass is 16.5. The predicted octanol–water partition coefficient (Wildman–Crippen LogP) is 7.52. The maximum absolute atomic E-state index is 6.34. The number of hydrogen-bond donors (Lipinski definition) is 0. The van der Waals surface area contributed by atoms with E-state index in [1.807, 2.05) is 6.07 Å². The van der Waals surface area contributed by atoms with Crippen molar-refractivity contribution in [1.82, 2.24) is 9.55 Å². The molecule has 0 bridgehead atoms. The van der Waals surface area contributed by atoms with Gasteiger partial charge in [-0.2, -0.15) is 0 Å². The Morgan fingerprint density at radius 1 is 0.853 bits per heavy atom. The van der Waals surface area contributed by atoms with Crippen LogP contribution in [0.25, 0.3) is 11.0 Å². The van der Waals surface area contributed by atoms with Crippen LogP contribution in [0, 0.1) is 20.8 Å². The van der Waals surface area contributed by atoms with Crippen molar-refractivity contribution < 1.29 is 9.47 Å². The van der Waals surface area contributed by atoms with E-state index in [0.717, 1.165) is 47.7 Å². The predicted molar refractivity (Wildman–Crippen MR) is 140 cm³/mol. The molecule has 1 heterocycles. The van der Waals surface area contributed by atoms with E-state index in [9.17, 15) is 0 Å². The molecule has 178 valence electrons. The lowest BCUT2D eigenvalue weighted by atomic mass is 10.0. The van der Waals surface area contributed by atoms with E-state index in [2.05, 4.69) is 93.8 Å². The normalized spacial score (nSPS) is 11.4. The molecule has 0 unspecified atom stereocenters. The molecular formula is C30H36N2O2. The van der Waals surface area contributed by atoms with Crippen LogP contribution < -0.4 is 9.47 Å². The summed E-state index contributed by atoms with van der Waals surface area (Å²) in [4.78, 5) is 4.90. The van der Waals surface area contributed by atoms with Gasteiger partial charge in [0.25, 0.3) is 0 Å². The van der Waals surface area contributed by atoms with Gasteiger partial charge in [-0.15, -0.1) is 0 Å². The zero-order valence-electron chi connectivity index (χ0n) is 21.1. The largest absolute Gasteiger partial charge is 0.493 e. The van der Waals surface area contributed by atoms with E-state index in [1.165, 1.54) is 22.3 Å². The lowest BCUT2D eigenvalue weighted by molar-refractivity contribution is 0.281. The second kappa shape index (κ2) is 10.8. The summed E-state index contributed by atoms with van der Waals surface area (Å²) in [6, 6.07) is 21.0. The molecule has 3 aromatic carbocycles. The molecule has 0 aliphatic rings. The first kappa shape index (κ1) is 23.9. The summed E-state index contributed by atoms with van der Waals surface area (Å²) < 4.78 is 14.7. The third-order valence-corrected chi connectivity index (χ3v) is 6.47. The Morgan fingerprint density at radius 3 is 2.50 bits per heavy atom. The van der Waals surface area contributed by atoms with Crippen molar-refractivity contribution >= 4 is 11.0 Å². The summed E-state index contributed by atoms with van der Waals surface area (Å²) in [5.74, 6) is 3.32. The lowest BCUT2D eigenvalue weighted by Gasteiger charge is -2.16. The van der Waals surface area contributed by atoms with Gasteiger partial charge in [0.05, 0.1) is 17.6 Å². The molecule has 0 N–H and O–H groups in total. The maximum Gasteiger partial charge on any atom is 0.147 e. The average Bonchev–Trinajstić information content (AvgIpc) is 3.17. The molecule has 4 heteroatoms. The number of nitrogens with zero attached hydrogens (tertiary/aromatic N) is 2. The smallest absolute Gasteiger partial charge is 0.147 e. The first-order valence-electron chi connectivity index (χ1n) is 12.3. The number of imidazole rings is 1. The third kappa shape index (κ3) is 5.44. The van der Waals surface area contributed by atoms with Crippen molar-refractivity contribution in [2.24, 2.45) is 0 Å². The molecule has 0 aliphatic carbocycles. The molecule has 0 aliphatic heterocycles. The van der Waals surface area contributed by atoms with E-state index < -0.39 is 0 Å². The molecule has 1 aromatic heterocycles. The zero-order chi connectivity index (χ0) is 24.1. The van der Waals surface area contributed by atoms with Crippen LogP contribution in [0.15, 0.2) is 60.7 Å². The standard InChI is InChI=1S/C30H36N2O2/c1-21(2)25-16-15-22(3)19-29(25)34-20-30-31-26-12-6-7-13-27(26)32(30)17-8-9-18-33-28-14-10-11-23(4)24(28)5/h6-7,10-16,19,21H,8-9,17-18,20H2,1-5H3. The molecule has 0 spiro atoms. The summed E-state index contributed by atoms with van der Waals surface area (Å²) in [5, 5.41) is 0. The van der Waals surface area contributed by atoms with Crippen molar-refractivity contribution in [3.8, 4) is 11.5 Å². The molecular weight excluding hydrogens is 420 g/mol. The fraction of sp³-hybridized carbons (Fsp3) is 0.367. The molecule has 0 fully saturated rings. The average molecular weight is 457 g/mol. The monoisotopic (exact) mass is 456 g/mol. The van der Waals surface area contributed by atoms with Crippen LogP contribution >= 0.6 is 0 Å². The van der Waals surface area contributed by atoms with Crippen molar-refractivity contribution in [3.05, 3.63) is 88.7 Å². The van der Waals surface area contributed by atoms with Crippen LogP contribution in [-0.2, 0) is 13.2 Å². The number of fused-ring (bicyclic) bond motifs is 1. The molecule has 0 saturated carbocycles. The molecule has 4 rings (SSSR count). The first-order valence-corrected chi connectivity index (χ1v) is 12.3. The zero-order valence-corrected chi connectivity index (χ0v) is 21.1. The van der Waals surface area contributed by atoms with E-state index in [4.69, 9.17) is 14.5 Å². The first-order chi connectivity index (χ1) is 16.4. The number of ether oxygens (including phenoxy) is 2. The highest BCUT2D eigenvalue weighted by Gasteiger charge is 2.13. The number of aryl methyl sites for hydroxylation is 3. The minimum Gasteiger partial charge on any atom is -0.493 e. The van der Waals surface area contributed by atoms with Crippen LogP contribution in [0.3, 0.4) is 0 Å². The minimum absolute atomic E-state index is 0.409. The van der Waals surface area contributed by atoms with E-state index in [-0.39, 0.29) is 0 Å². The molecule has 0 radical (unpaired) electrons. The van der Waals surface area contributed by atoms with Gasteiger partial charge in [-0.05, 0) is 86.1 Å². The van der Waals surface area contributed by atoms with Crippen molar-refractivity contribution in [1.29, 1.82) is 0 Å². The second-order valence-electron chi connectivity index (χ2n) is 9.41. The van der Waals surface area contributed by atoms with E-state index >= 15 is 0 Å². The van der Waals surface area contributed by atoms with Gasteiger partial charge in [-0.1, -0.05) is 50.2 Å². The van der Waals surface area contributed by atoms with Crippen molar-refractivity contribution in [2.75, 3.05) is 6.61 Å². The van der Waals surface area contributed by atoms with E-state index in [0.29, 0.717) is 19.1 Å². The Hall–Kier alpha value is -3.27.